The van der Waals surface area contributed by atoms with Crippen molar-refractivity contribution in [1.82, 2.24) is 10.3 Å². The minimum Gasteiger partial charge on any atom is -0.497 e. The van der Waals surface area contributed by atoms with E-state index in [0.29, 0.717) is 31.1 Å². The van der Waals surface area contributed by atoms with Crippen molar-refractivity contribution in [3.05, 3.63) is 59.8 Å². The molecule has 0 bridgehead atoms. The Labute approximate surface area is 164 Å². The molecule has 0 radical (unpaired) electrons. The first-order valence-electron chi connectivity index (χ1n) is 9.21. The number of carbonyl (C=O) groups excluding carboxylic acids is 1. The van der Waals surface area contributed by atoms with E-state index in [0.717, 1.165) is 22.0 Å². The number of aromatic amines is 1. The fourth-order valence-corrected chi connectivity index (χ4v) is 3.43. The van der Waals surface area contributed by atoms with Gasteiger partial charge in [0.15, 0.2) is 0 Å². The smallest absolute Gasteiger partial charge is 0.221 e. The third-order valence-corrected chi connectivity index (χ3v) is 4.83. The summed E-state index contributed by atoms with van der Waals surface area (Å²) >= 11 is 0. The summed E-state index contributed by atoms with van der Waals surface area (Å²) in [6, 6.07) is 13.8. The summed E-state index contributed by atoms with van der Waals surface area (Å²) in [5, 5.41) is 4.01. The second kappa shape index (κ2) is 9.28. The Balaban J connectivity index is 2.01. The van der Waals surface area contributed by atoms with Gasteiger partial charge in [-0.1, -0.05) is 24.3 Å². The first-order valence-corrected chi connectivity index (χ1v) is 9.21. The van der Waals surface area contributed by atoms with Gasteiger partial charge >= 0.3 is 0 Å². The number of para-hydroxylation sites is 1. The summed E-state index contributed by atoms with van der Waals surface area (Å²) in [5.41, 5.74) is 3.03. The van der Waals surface area contributed by atoms with Crippen LogP contribution in [0.3, 0.4) is 0 Å². The Bertz CT molecular complexity index is 935. The zero-order valence-electron chi connectivity index (χ0n) is 16.5. The summed E-state index contributed by atoms with van der Waals surface area (Å²) in [4.78, 5) is 15.9. The molecule has 1 amide bonds. The van der Waals surface area contributed by atoms with Gasteiger partial charge in [0.25, 0.3) is 0 Å². The molecule has 0 fully saturated rings. The quantitative estimate of drug-likeness (QED) is 0.556. The number of ether oxygens (including phenoxy) is 3. The molecule has 0 saturated carbocycles. The molecule has 3 aromatic rings. The van der Waals surface area contributed by atoms with Gasteiger partial charge in [0, 0.05) is 54.7 Å². The maximum atomic E-state index is 12.6. The fraction of sp³-hybridized carbons (Fsp3) is 0.318. The van der Waals surface area contributed by atoms with Gasteiger partial charge < -0.3 is 24.5 Å². The average Bonchev–Trinajstić information content (AvgIpc) is 3.16. The van der Waals surface area contributed by atoms with Crippen molar-refractivity contribution in [2.75, 3.05) is 34.5 Å². The van der Waals surface area contributed by atoms with Gasteiger partial charge in [0.1, 0.15) is 11.5 Å². The van der Waals surface area contributed by atoms with Crippen molar-refractivity contribution < 1.29 is 19.0 Å². The van der Waals surface area contributed by atoms with E-state index in [1.165, 1.54) is 0 Å². The first-order chi connectivity index (χ1) is 13.7. The van der Waals surface area contributed by atoms with Crippen molar-refractivity contribution in [1.29, 1.82) is 0 Å². The molecule has 148 valence electrons. The van der Waals surface area contributed by atoms with Crippen LogP contribution in [0.25, 0.3) is 10.9 Å². The lowest BCUT2D eigenvalue weighted by molar-refractivity contribution is -0.121. The molecule has 0 saturated heterocycles. The van der Waals surface area contributed by atoms with E-state index in [9.17, 15) is 4.79 Å². The van der Waals surface area contributed by atoms with E-state index in [1.807, 2.05) is 42.6 Å². The highest BCUT2D eigenvalue weighted by Crippen LogP contribution is 2.39. The van der Waals surface area contributed by atoms with Crippen LogP contribution in [0.15, 0.2) is 48.7 Å². The number of rotatable bonds is 9. The van der Waals surface area contributed by atoms with Gasteiger partial charge in [-0.2, -0.15) is 0 Å². The minimum atomic E-state index is -0.167. The van der Waals surface area contributed by atoms with Crippen LogP contribution in [-0.2, 0) is 9.53 Å². The lowest BCUT2D eigenvalue weighted by Gasteiger charge is -2.20. The third-order valence-electron chi connectivity index (χ3n) is 4.83. The van der Waals surface area contributed by atoms with Crippen LogP contribution in [0, 0.1) is 0 Å². The standard InChI is InChI=1S/C22H26N2O4/c1-26-11-10-23-22(25)13-18(17-9-8-15(27-2)12-21(17)28-3)19-14-24-20-7-5-4-6-16(19)20/h4-9,12,14,18,24H,10-11,13H2,1-3H3,(H,23,25)/t18-/m0/s1. The van der Waals surface area contributed by atoms with E-state index in [4.69, 9.17) is 14.2 Å². The number of hydrogen-bond acceptors (Lipinski definition) is 4. The third kappa shape index (κ3) is 4.28. The number of hydrogen-bond donors (Lipinski definition) is 2. The Kier molecular flexibility index (Phi) is 6.55. The molecule has 6 heteroatoms. The van der Waals surface area contributed by atoms with Crippen molar-refractivity contribution in [2.24, 2.45) is 0 Å². The number of nitrogens with one attached hydrogen (secondary N) is 2. The number of carbonyl (C=O) groups is 1. The molecular weight excluding hydrogens is 356 g/mol. The molecule has 0 spiro atoms. The van der Waals surface area contributed by atoms with E-state index >= 15 is 0 Å². The highest BCUT2D eigenvalue weighted by atomic mass is 16.5. The lowest BCUT2D eigenvalue weighted by Crippen LogP contribution is -2.28. The van der Waals surface area contributed by atoms with Gasteiger partial charge in [-0.25, -0.2) is 0 Å². The molecule has 2 aromatic carbocycles. The van der Waals surface area contributed by atoms with Gasteiger partial charge in [0.2, 0.25) is 5.91 Å². The highest BCUT2D eigenvalue weighted by Gasteiger charge is 2.24. The Hall–Kier alpha value is -2.99. The molecule has 28 heavy (non-hydrogen) atoms. The minimum absolute atomic E-state index is 0.0368. The predicted octanol–water partition coefficient (Wildman–Crippen LogP) is 3.47. The second-order valence-corrected chi connectivity index (χ2v) is 6.50. The Morgan fingerprint density at radius 1 is 1.07 bits per heavy atom. The van der Waals surface area contributed by atoms with Gasteiger partial charge in [0.05, 0.1) is 20.8 Å². The van der Waals surface area contributed by atoms with Crippen molar-refractivity contribution in [3.8, 4) is 11.5 Å². The van der Waals surface area contributed by atoms with Crippen LogP contribution >= 0.6 is 0 Å². The number of fused-ring (bicyclic) bond motifs is 1. The van der Waals surface area contributed by atoms with Crippen molar-refractivity contribution in [2.45, 2.75) is 12.3 Å². The molecule has 2 N–H and O–H groups in total. The molecule has 1 heterocycles. The number of H-pyrrole nitrogens is 1. The van der Waals surface area contributed by atoms with Gasteiger partial charge in [-0.15, -0.1) is 0 Å². The first kappa shape index (κ1) is 19.8. The van der Waals surface area contributed by atoms with Crippen molar-refractivity contribution in [3.63, 3.8) is 0 Å². The Morgan fingerprint density at radius 2 is 1.89 bits per heavy atom. The summed E-state index contributed by atoms with van der Waals surface area (Å²) in [6.07, 6.45) is 2.27. The van der Waals surface area contributed by atoms with Crippen LogP contribution in [0.5, 0.6) is 11.5 Å². The van der Waals surface area contributed by atoms with E-state index in [1.54, 1.807) is 21.3 Å². The zero-order valence-corrected chi connectivity index (χ0v) is 16.5. The molecule has 0 aliphatic heterocycles. The van der Waals surface area contributed by atoms with E-state index in [-0.39, 0.29) is 11.8 Å². The molecule has 1 atom stereocenters. The molecule has 0 unspecified atom stereocenters. The highest BCUT2D eigenvalue weighted by molar-refractivity contribution is 5.86. The summed E-state index contributed by atoms with van der Waals surface area (Å²) in [5.74, 6) is 1.20. The summed E-state index contributed by atoms with van der Waals surface area (Å²) in [7, 11) is 4.86. The number of amides is 1. The molecular formula is C22H26N2O4. The van der Waals surface area contributed by atoms with Crippen LogP contribution in [0.2, 0.25) is 0 Å². The maximum Gasteiger partial charge on any atom is 0.221 e. The number of benzene rings is 2. The second-order valence-electron chi connectivity index (χ2n) is 6.50. The largest absolute Gasteiger partial charge is 0.497 e. The average molecular weight is 382 g/mol. The van der Waals surface area contributed by atoms with Crippen LogP contribution in [0.4, 0.5) is 0 Å². The predicted molar refractivity (Wildman–Crippen MR) is 109 cm³/mol. The molecule has 0 aliphatic carbocycles. The summed E-state index contributed by atoms with van der Waals surface area (Å²) in [6.45, 7) is 0.963. The topological polar surface area (TPSA) is 72.6 Å². The summed E-state index contributed by atoms with van der Waals surface area (Å²) < 4.78 is 16.0. The normalized spacial score (nSPS) is 12.0. The molecule has 0 aliphatic rings. The number of methoxy groups -OCH3 is 3. The monoisotopic (exact) mass is 382 g/mol. The van der Waals surface area contributed by atoms with Crippen LogP contribution < -0.4 is 14.8 Å². The SMILES string of the molecule is COCCNC(=O)C[C@@H](c1ccc(OC)cc1OC)c1c[nH]c2ccccc12. The maximum absolute atomic E-state index is 12.6. The van der Waals surface area contributed by atoms with E-state index in [2.05, 4.69) is 16.4 Å². The zero-order chi connectivity index (χ0) is 19.9. The van der Waals surface area contributed by atoms with Crippen molar-refractivity contribution >= 4 is 16.8 Å². The van der Waals surface area contributed by atoms with Gasteiger partial charge in [-0.05, 0) is 17.7 Å². The molecule has 1 aromatic heterocycles. The van der Waals surface area contributed by atoms with Crippen LogP contribution in [-0.4, -0.2) is 45.4 Å². The molecule has 3 rings (SSSR count). The molecule has 6 nitrogen and oxygen atoms in total. The van der Waals surface area contributed by atoms with Gasteiger partial charge in [-0.3, -0.25) is 4.79 Å². The number of aromatic nitrogens is 1. The van der Waals surface area contributed by atoms with E-state index < -0.39 is 0 Å². The Morgan fingerprint density at radius 3 is 2.64 bits per heavy atom. The van der Waals surface area contributed by atoms with Crippen LogP contribution in [0.1, 0.15) is 23.5 Å². The lowest BCUT2D eigenvalue weighted by atomic mass is 9.87. The fourth-order valence-electron chi connectivity index (χ4n) is 3.43.